The summed E-state index contributed by atoms with van der Waals surface area (Å²) in [6.07, 6.45) is 9.34. The number of aliphatic hydroxyl groups excluding tert-OH is 1. The largest absolute Gasteiger partial charge is 0.496 e. The molecule has 0 radical (unpaired) electrons. The Kier molecular flexibility index (Phi) is 8.44. The predicted molar refractivity (Wildman–Crippen MR) is 90.0 cm³/mol. The third-order valence-electron chi connectivity index (χ3n) is 4.13. The van der Waals surface area contributed by atoms with Crippen molar-refractivity contribution in [3.8, 4) is 5.75 Å². The third-order valence-corrected chi connectivity index (χ3v) is 4.13. The number of aliphatic hydroxyl groups is 1. The summed E-state index contributed by atoms with van der Waals surface area (Å²) in [4.78, 5) is 0. The summed E-state index contributed by atoms with van der Waals surface area (Å²) in [6.45, 7) is 6.36. The van der Waals surface area contributed by atoms with E-state index < -0.39 is 6.10 Å². The van der Waals surface area contributed by atoms with Crippen LogP contribution >= 0.6 is 0 Å². The molecule has 0 spiro atoms. The minimum atomic E-state index is -0.406. The maximum atomic E-state index is 10.5. The Morgan fingerprint density at radius 1 is 1.00 bits per heavy atom. The Morgan fingerprint density at radius 3 is 2.24 bits per heavy atom. The molecule has 1 aromatic carbocycles. The summed E-state index contributed by atoms with van der Waals surface area (Å²) in [5.41, 5.74) is 3.27. The average molecular weight is 292 g/mol. The molecule has 0 amide bonds. The fourth-order valence-electron chi connectivity index (χ4n) is 2.97. The van der Waals surface area contributed by atoms with Crippen molar-refractivity contribution in [2.24, 2.45) is 0 Å². The Morgan fingerprint density at radius 2 is 1.62 bits per heavy atom. The molecular weight excluding hydrogens is 260 g/mol. The van der Waals surface area contributed by atoms with Gasteiger partial charge in [0, 0.05) is 5.56 Å². The van der Waals surface area contributed by atoms with E-state index in [1.165, 1.54) is 44.1 Å². The first kappa shape index (κ1) is 18.0. The van der Waals surface area contributed by atoms with E-state index in [0.717, 1.165) is 29.7 Å². The summed E-state index contributed by atoms with van der Waals surface area (Å²) < 4.78 is 5.44. The summed E-state index contributed by atoms with van der Waals surface area (Å²) >= 11 is 0. The third kappa shape index (κ3) is 6.09. The number of benzene rings is 1. The van der Waals surface area contributed by atoms with Crippen LogP contribution in [0.1, 0.15) is 81.1 Å². The number of hydrogen-bond donors (Lipinski definition) is 1. The van der Waals surface area contributed by atoms with Crippen molar-refractivity contribution < 1.29 is 9.84 Å². The van der Waals surface area contributed by atoms with Gasteiger partial charge >= 0.3 is 0 Å². The van der Waals surface area contributed by atoms with Crippen molar-refractivity contribution >= 4 is 0 Å². The van der Waals surface area contributed by atoms with Gasteiger partial charge in [-0.3, -0.25) is 0 Å². The van der Waals surface area contributed by atoms with Gasteiger partial charge < -0.3 is 9.84 Å². The maximum absolute atomic E-state index is 10.5. The molecule has 1 unspecified atom stereocenters. The number of methoxy groups -OCH3 is 1. The van der Waals surface area contributed by atoms with Crippen molar-refractivity contribution in [2.45, 2.75) is 78.2 Å². The topological polar surface area (TPSA) is 29.5 Å². The van der Waals surface area contributed by atoms with E-state index in [0.29, 0.717) is 0 Å². The fraction of sp³-hybridized carbons (Fsp3) is 0.684. The van der Waals surface area contributed by atoms with E-state index in [1.54, 1.807) is 7.11 Å². The molecule has 2 heteroatoms. The van der Waals surface area contributed by atoms with Crippen LogP contribution in [0.2, 0.25) is 0 Å². The normalized spacial score (nSPS) is 12.4. The Bertz CT molecular complexity index is 412. The van der Waals surface area contributed by atoms with Crippen LogP contribution < -0.4 is 4.74 Å². The average Bonchev–Trinajstić information content (AvgIpc) is 2.45. The number of hydrogen-bond acceptors (Lipinski definition) is 2. The molecular formula is C19H32O2. The van der Waals surface area contributed by atoms with E-state index in [9.17, 15) is 5.11 Å². The smallest absolute Gasteiger partial charge is 0.125 e. The second-order valence-corrected chi connectivity index (χ2v) is 6.12. The summed E-state index contributed by atoms with van der Waals surface area (Å²) in [6, 6.07) is 4.13. The lowest BCUT2D eigenvalue weighted by Crippen LogP contribution is -2.04. The van der Waals surface area contributed by atoms with Crippen LogP contribution in [-0.4, -0.2) is 12.2 Å². The molecule has 120 valence electrons. The second kappa shape index (κ2) is 9.83. The van der Waals surface area contributed by atoms with Gasteiger partial charge in [-0.1, -0.05) is 57.9 Å². The van der Waals surface area contributed by atoms with Crippen molar-refractivity contribution in [3.05, 3.63) is 28.8 Å². The van der Waals surface area contributed by atoms with E-state index in [-0.39, 0.29) is 0 Å². The lowest BCUT2D eigenvalue weighted by Gasteiger charge is -2.18. The molecule has 1 rings (SSSR count). The van der Waals surface area contributed by atoms with Crippen LogP contribution in [0.3, 0.4) is 0 Å². The van der Waals surface area contributed by atoms with Crippen molar-refractivity contribution in [1.29, 1.82) is 0 Å². The van der Waals surface area contributed by atoms with Gasteiger partial charge in [0.05, 0.1) is 13.2 Å². The monoisotopic (exact) mass is 292 g/mol. The Labute approximate surface area is 130 Å². The molecule has 0 aliphatic heterocycles. The molecule has 0 aliphatic rings. The first-order chi connectivity index (χ1) is 10.1. The molecule has 2 nitrogen and oxygen atoms in total. The zero-order valence-electron chi connectivity index (χ0n) is 14.2. The molecule has 21 heavy (non-hydrogen) atoms. The van der Waals surface area contributed by atoms with Gasteiger partial charge in [-0.2, -0.15) is 0 Å². The second-order valence-electron chi connectivity index (χ2n) is 6.12. The SMILES string of the molecule is CCCCCCCCCC(O)c1c(C)cc(C)cc1OC. The van der Waals surface area contributed by atoms with Crippen LogP contribution in [0.25, 0.3) is 0 Å². The van der Waals surface area contributed by atoms with Gasteiger partial charge in [0.2, 0.25) is 0 Å². The number of unbranched alkanes of at least 4 members (excludes halogenated alkanes) is 6. The molecule has 0 heterocycles. The number of aryl methyl sites for hydroxylation is 2. The van der Waals surface area contributed by atoms with E-state index in [1.807, 2.05) is 6.07 Å². The van der Waals surface area contributed by atoms with Gasteiger partial charge in [0.1, 0.15) is 5.75 Å². The van der Waals surface area contributed by atoms with Gasteiger partial charge in [-0.05, 0) is 37.5 Å². The molecule has 0 aliphatic carbocycles. The predicted octanol–water partition coefficient (Wildman–Crippen LogP) is 5.49. The first-order valence-electron chi connectivity index (χ1n) is 8.43. The standard InChI is InChI=1S/C19H32O2/c1-5-6-7-8-9-10-11-12-17(20)19-16(3)13-15(2)14-18(19)21-4/h13-14,17,20H,5-12H2,1-4H3. The van der Waals surface area contributed by atoms with Crippen molar-refractivity contribution in [2.75, 3.05) is 7.11 Å². The molecule has 1 N–H and O–H groups in total. The van der Waals surface area contributed by atoms with Gasteiger partial charge in [-0.15, -0.1) is 0 Å². The zero-order chi connectivity index (χ0) is 15.7. The van der Waals surface area contributed by atoms with Crippen LogP contribution in [0.4, 0.5) is 0 Å². The van der Waals surface area contributed by atoms with Gasteiger partial charge in [0.15, 0.2) is 0 Å². The van der Waals surface area contributed by atoms with Crippen LogP contribution in [0.15, 0.2) is 12.1 Å². The maximum Gasteiger partial charge on any atom is 0.125 e. The summed E-state index contributed by atoms with van der Waals surface area (Å²) in [7, 11) is 1.68. The highest BCUT2D eigenvalue weighted by Gasteiger charge is 2.16. The molecule has 1 atom stereocenters. The van der Waals surface area contributed by atoms with Crippen molar-refractivity contribution in [1.82, 2.24) is 0 Å². The highest BCUT2D eigenvalue weighted by Crippen LogP contribution is 2.32. The molecule has 0 bridgehead atoms. The van der Waals surface area contributed by atoms with E-state index >= 15 is 0 Å². The molecule has 0 fully saturated rings. The number of ether oxygens (including phenoxy) is 1. The Balaban J connectivity index is 2.43. The lowest BCUT2D eigenvalue weighted by atomic mass is 9.96. The van der Waals surface area contributed by atoms with Gasteiger partial charge in [0.25, 0.3) is 0 Å². The quantitative estimate of drug-likeness (QED) is 0.578. The van der Waals surface area contributed by atoms with Crippen LogP contribution in [0, 0.1) is 13.8 Å². The lowest BCUT2D eigenvalue weighted by molar-refractivity contribution is 0.158. The Hall–Kier alpha value is -1.02. The van der Waals surface area contributed by atoms with Gasteiger partial charge in [-0.25, -0.2) is 0 Å². The van der Waals surface area contributed by atoms with Crippen LogP contribution in [-0.2, 0) is 0 Å². The minimum absolute atomic E-state index is 0.406. The molecule has 0 saturated heterocycles. The zero-order valence-corrected chi connectivity index (χ0v) is 14.2. The highest BCUT2D eigenvalue weighted by atomic mass is 16.5. The highest BCUT2D eigenvalue weighted by molar-refractivity contribution is 5.44. The summed E-state index contributed by atoms with van der Waals surface area (Å²) in [5.74, 6) is 0.822. The molecule has 0 saturated carbocycles. The van der Waals surface area contributed by atoms with Crippen molar-refractivity contribution in [3.63, 3.8) is 0 Å². The first-order valence-corrected chi connectivity index (χ1v) is 8.43. The molecule has 0 aromatic heterocycles. The fourth-order valence-corrected chi connectivity index (χ4v) is 2.97. The summed E-state index contributed by atoms with van der Waals surface area (Å²) in [5, 5.41) is 10.5. The molecule has 1 aromatic rings. The van der Waals surface area contributed by atoms with Crippen LogP contribution in [0.5, 0.6) is 5.75 Å². The van der Waals surface area contributed by atoms with E-state index in [4.69, 9.17) is 4.74 Å². The number of rotatable bonds is 10. The van der Waals surface area contributed by atoms with E-state index in [2.05, 4.69) is 26.8 Å². The minimum Gasteiger partial charge on any atom is -0.496 e.